The van der Waals surface area contributed by atoms with Crippen LogP contribution in [0.2, 0.25) is 0 Å². The average molecular weight is 320 g/mol. The third-order valence-corrected chi connectivity index (χ3v) is 3.49. The number of carbonyl (C=O) groups is 1. The Morgan fingerprint density at radius 2 is 1.91 bits per heavy atom. The Balaban J connectivity index is 1.92. The van der Waals surface area contributed by atoms with E-state index in [4.69, 9.17) is 0 Å². The Labute approximate surface area is 128 Å². The summed E-state index contributed by atoms with van der Waals surface area (Å²) in [6, 6.07) is 9.60. The third-order valence-electron chi connectivity index (χ3n) is 2.50. The lowest BCUT2D eigenvalue weighted by atomic mass is 10.2. The SMILES string of the molecule is O=C(CSCc1ccccc1)N=Nc1c(O)[nH]c(=O)[nH]c1=O. The van der Waals surface area contributed by atoms with Gasteiger partial charge in [0.2, 0.25) is 11.6 Å². The largest absolute Gasteiger partial charge is 0.493 e. The van der Waals surface area contributed by atoms with Crippen LogP contribution in [0.1, 0.15) is 5.56 Å². The van der Waals surface area contributed by atoms with E-state index in [0.717, 1.165) is 5.56 Å². The highest BCUT2D eigenvalue weighted by Crippen LogP contribution is 2.16. The van der Waals surface area contributed by atoms with E-state index in [-0.39, 0.29) is 5.75 Å². The van der Waals surface area contributed by atoms with Gasteiger partial charge < -0.3 is 5.11 Å². The Morgan fingerprint density at radius 3 is 2.59 bits per heavy atom. The topological polar surface area (TPSA) is 128 Å². The molecule has 0 spiro atoms. The van der Waals surface area contributed by atoms with Gasteiger partial charge in [0.1, 0.15) is 0 Å². The first-order chi connectivity index (χ1) is 10.6. The summed E-state index contributed by atoms with van der Waals surface area (Å²) in [5.41, 5.74) is -1.23. The van der Waals surface area contributed by atoms with Crippen LogP contribution in [-0.4, -0.2) is 26.7 Å². The van der Waals surface area contributed by atoms with Crippen molar-refractivity contribution in [3.05, 3.63) is 56.7 Å². The number of nitrogens with one attached hydrogen (secondary N) is 2. The van der Waals surface area contributed by atoms with Gasteiger partial charge in [-0.1, -0.05) is 30.3 Å². The molecular formula is C13H12N4O4S. The number of aromatic amines is 2. The molecule has 1 amide bonds. The maximum Gasteiger partial charge on any atom is 0.328 e. The summed E-state index contributed by atoms with van der Waals surface area (Å²) < 4.78 is 0. The van der Waals surface area contributed by atoms with E-state index in [1.165, 1.54) is 11.8 Å². The normalized spacial score (nSPS) is 10.9. The summed E-state index contributed by atoms with van der Waals surface area (Å²) in [5.74, 6) is -0.555. The summed E-state index contributed by atoms with van der Waals surface area (Å²) >= 11 is 1.35. The minimum Gasteiger partial charge on any atom is -0.493 e. The number of aromatic nitrogens is 2. The molecule has 0 fully saturated rings. The minimum atomic E-state index is -0.922. The monoisotopic (exact) mass is 320 g/mol. The van der Waals surface area contributed by atoms with E-state index < -0.39 is 28.7 Å². The molecule has 0 saturated heterocycles. The van der Waals surface area contributed by atoms with E-state index in [1.807, 2.05) is 40.3 Å². The number of hydrogen-bond donors (Lipinski definition) is 3. The van der Waals surface area contributed by atoms with Gasteiger partial charge in [0, 0.05) is 5.75 Å². The van der Waals surface area contributed by atoms with E-state index in [1.54, 1.807) is 0 Å². The van der Waals surface area contributed by atoms with Gasteiger partial charge in [0.25, 0.3) is 11.5 Å². The third kappa shape index (κ3) is 4.42. The smallest absolute Gasteiger partial charge is 0.328 e. The zero-order chi connectivity index (χ0) is 15.9. The zero-order valence-corrected chi connectivity index (χ0v) is 12.1. The summed E-state index contributed by atoms with van der Waals surface area (Å²) in [4.78, 5) is 37.6. The van der Waals surface area contributed by atoms with Crippen LogP contribution in [0.15, 0.2) is 50.1 Å². The van der Waals surface area contributed by atoms with Crippen LogP contribution in [0.25, 0.3) is 0 Å². The highest BCUT2D eigenvalue weighted by molar-refractivity contribution is 7.99. The molecule has 22 heavy (non-hydrogen) atoms. The molecular weight excluding hydrogens is 308 g/mol. The molecule has 0 saturated carbocycles. The van der Waals surface area contributed by atoms with Gasteiger partial charge >= 0.3 is 5.69 Å². The predicted octanol–water partition coefficient (Wildman–Crippen LogP) is 1.31. The van der Waals surface area contributed by atoms with Crippen LogP contribution in [0, 0.1) is 0 Å². The number of thioether (sulfide) groups is 1. The van der Waals surface area contributed by atoms with Crippen molar-refractivity contribution in [2.75, 3.05) is 5.75 Å². The number of nitrogens with zero attached hydrogens (tertiary/aromatic N) is 2. The lowest BCUT2D eigenvalue weighted by molar-refractivity contribution is -0.115. The highest BCUT2D eigenvalue weighted by Gasteiger charge is 2.08. The van der Waals surface area contributed by atoms with Crippen LogP contribution < -0.4 is 11.2 Å². The van der Waals surface area contributed by atoms with Crippen molar-refractivity contribution >= 4 is 23.4 Å². The van der Waals surface area contributed by atoms with Crippen LogP contribution in [0.3, 0.4) is 0 Å². The van der Waals surface area contributed by atoms with Gasteiger partial charge in [-0.05, 0) is 5.56 Å². The molecule has 1 aromatic carbocycles. The molecule has 1 heterocycles. The molecule has 0 aliphatic carbocycles. The number of aromatic hydroxyl groups is 1. The summed E-state index contributed by atoms with van der Waals surface area (Å²) in [7, 11) is 0. The van der Waals surface area contributed by atoms with E-state index >= 15 is 0 Å². The second-order valence-electron chi connectivity index (χ2n) is 4.18. The number of rotatable bonds is 5. The van der Waals surface area contributed by atoms with Crippen molar-refractivity contribution in [2.45, 2.75) is 5.75 Å². The van der Waals surface area contributed by atoms with Gasteiger partial charge in [-0.25, -0.2) is 4.79 Å². The standard InChI is InChI=1S/C13H12N4O4S/c18-9(7-22-6-8-4-2-1-3-5-8)16-17-10-11(19)14-13(21)15-12(10)20/h1-5H,6-7H2,(H3,14,15,19,20,21). The highest BCUT2D eigenvalue weighted by atomic mass is 32.2. The Bertz CT molecular complexity index is 798. The van der Waals surface area contributed by atoms with Crippen LogP contribution in [0.4, 0.5) is 5.69 Å². The van der Waals surface area contributed by atoms with E-state index in [2.05, 4.69) is 10.2 Å². The van der Waals surface area contributed by atoms with Crippen LogP contribution >= 0.6 is 11.8 Å². The first-order valence-corrected chi connectivity index (χ1v) is 7.33. The fourth-order valence-corrected chi connectivity index (χ4v) is 2.29. The summed E-state index contributed by atoms with van der Waals surface area (Å²) in [6.07, 6.45) is 0. The molecule has 0 aliphatic rings. The van der Waals surface area contributed by atoms with Gasteiger partial charge in [0.15, 0.2) is 0 Å². The molecule has 114 valence electrons. The lowest BCUT2D eigenvalue weighted by Gasteiger charge is -1.98. The molecule has 0 aliphatic heterocycles. The molecule has 2 aromatic rings. The van der Waals surface area contributed by atoms with Crippen molar-refractivity contribution in [3.8, 4) is 5.88 Å². The Morgan fingerprint density at radius 1 is 1.18 bits per heavy atom. The van der Waals surface area contributed by atoms with Gasteiger partial charge in [-0.3, -0.25) is 19.6 Å². The maximum atomic E-state index is 11.5. The molecule has 0 atom stereocenters. The van der Waals surface area contributed by atoms with E-state index in [9.17, 15) is 19.5 Å². The number of amides is 1. The molecule has 0 radical (unpaired) electrons. The predicted molar refractivity (Wildman–Crippen MR) is 81.5 cm³/mol. The number of benzene rings is 1. The number of azo groups is 1. The number of hydrogen-bond acceptors (Lipinski definition) is 6. The first-order valence-electron chi connectivity index (χ1n) is 6.18. The van der Waals surface area contributed by atoms with Gasteiger partial charge in [0.05, 0.1) is 5.75 Å². The lowest BCUT2D eigenvalue weighted by Crippen LogP contribution is -2.21. The fourth-order valence-electron chi connectivity index (χ4n) is 1.53. The maximum absolute atomic E-state index is 11.5. The van der Waals surface area contributed by atoms with Crippen LogP contribution in [0.5, 0.6) is 5.88 Å². The van der Waals surface area contributed by atoms with Crippen molar-refractivity contribution in [3.63, 3.8) is 0 Å². The van der Waals surface area contributed by atoms with Crippen molar-refractivity contribution in [1.82, 2.24) is 9.97 Å². The van der Waals surface area contributed by atoms with E-state index in [0.29, 0.717) is 5.75 Å². The first kappa shape index (κ1) is 15.7. The van der Waals surface area contributed by atoms with Crippen molar-refractivity contribution in [2.24, 2.45) is 10.2 Å². The second-order valence-corrected chi connectivity index (χ2v) is 5.16. The molecule has 2 rings (SSSR count). The molecule has 1 aromatic heterocycles. The minimum absolute atomic E-state index is 0.0837. The molecule has 0 unspecified atom stereocenters. The van der Waals surface area contributed by atoms with Crippen molar-refractivity contribution in [1.29, 1.82) is 0 Å². The summed E-state index contributed by atoms with van der Waals surface area (Å²) in [5, 5.41) is 16.1. The van der Waals surface area contributed by atoms with Crippen LogP contribution in [-0.2, 0) is 10.5 Å². The van der Waals surface area contributed by atoms with Gasteiger partial charge in [-0.15, -0.1) is 22.0 Å². The van der Waals surface area contributed by atoms with Gasteiger partial charge in [-0.2, -0.15) is 0 Å². The Kier molecular flexibility index (Phi) is 5.26. The molecule has 3 N–H and O–H groups in total. The summed E-state index contributed by atoms with van der Waals surface area (Å²) in [6.45, 7) is 0. The van der Waals surface area contributed by atoms with Crippen molar-refractivity contribution < 1.29 is 9.90 Å². The molecule has 9 heteroatoms. The Hall–Kier alpha value is -2.68. The number of H-pyrrole nitrogens is 2. The second kappa shape index (κ2) is 7.36. The molecule has 8 nitrogen and oxygen atoms in total. The quantitative estimate of drug-likeness (QED) is 0.716. The zero-order valence-electron chi connectivity index (χ0n) is 11.3. The molecule has 0 bridgehead atoms. The number of carbonyl (C=O) groups excluding carboxylic acids is 1. The average Bonchev–Trinajstić information content (AvgIpc) is 2.47. The fraction of sp³-hybridized carbons (Fsp3) is 0.154.